The molecule has 0 bridgehead atoms. The molecule has 5 heteroatoms. The van der Waals surface area contributed by atoms with E-state index in [1.54, 1.807) is 0 Å². The molecule has 1 amide bonds. The standard InChI is InChI=1S/C15H26N4O/c1-3-15(4-2,11-16)14(20)17-9-12-10-19-8-6-5-7-13(19)18-12/h10H,3-9,11,16H2,1-2H3,(H,17,20). The van der Waals surface area contributed by atoms with E-state index in [2.05, 4.69) is 21.1 Å². The minimum Gasteiger partial charge on any atom is -0.350 e. The van der Waals surface area contributed by atoms with Gasteiger partial charge in [0.25, 0.3) is 0 Å². The monoisotopic (exact) mass is 278 g/mol. The summed E-state index contributed by atoms with van der Waals surface area (Å²) in [5, 5.41) is 3.01. The van der Waals surface area contributed by atoms with Gasteiger partial charge in [0.15, 0.2) is 0 Å². The van der Waals surface area contributed by atoms with Crippen molar-refractivity contribution in [2.75, 3.05) is 6.54 Å². The molecule has 1 aromatic rings. The van der Waals surface area contributed by atoms with Crippen LogP contribution in [0.3, 0.4) is 0 Å². The summed E-state index contributed by atoms with van der Waals surface area (Å²) in [4.78, 5) is 16.9. The number of nitrogens with two attached hydrogens (primary N) is 1. The molecule has 0 aliphatic carbocycles. The Morgan fingerprint density at radius 2 is 2.20 bits per heavy atom. The van der Waals surface area contributed by atoms with Gasteiger partial charge in [-0.1, -0.05) is 13.8 Å². The van der Waals surface area contributed by atoms with Gasteiger partial charge in [0, 0.05) is 25.7 Å². The number of hydrogen-bond acceptors (Lipinski definition) is 3. The van der Waals surface area contributed by atoms with Crippen molar-refractivity contribution >= 4 is 5.91 Å². The number of aromatic nitrogens is 2. The average molecular weight is 278 g/mol. The maximum Gasteiger partial charge on any atom is 0.227 e. The van der Waals surface area contributed by atoms with Crippen LogP contribution in [0, 0.1) is 5.41 Å². The number of amides is 1. The van der Waals surface area contributed by atoms with Gasteiger partial charge in [0.2, 0.25) is 5.91 Å². The van der Waals surface area contributed by atoms with Crippen molar-refractivity contribution in [3.63, 3.8) is 0 Å². The number of aryl methyl sites for hydroxylation is 2. The van der Waals surface area contributed by atoms with E-state index in [1.807, 2.05) is 13.8 Å². The molecule has 3 N–H and O–H groups in total. The zero-order chi connectivity index (χ0) is 14.6. The van der Waals surface area contributed by atoms with Crippen LogP contribution in [0.5, 0.6) is 0 Å². The molecule has 0 fully saturated rings. The van der Waals surface area contributed by atoms with Crippen LogP contribution in [-0.2, 0) is 24.3 Å². The Balaban J connectivity index is 1.97. The molecule has 0 aromatic carbocycles. The minimum atomic E-state index is -0.431. The number of fused-ring (bicyclic) bond motifs is 1. The smallest absolute Gasteiger partial charge is 0.227 e. The van der Waals surface area contributed by atoms with E-state index in [0.717, 1.165) is 37.3 Å². The summed E-state index contributed by atoms with van der Waals surface area (Å²) < 4.78 is 2.21. The third kappa shape index (κ3) is 2.87. The first-order valence-electron chi connectivity index (χ1n) is 7.68. The Hall–Kier alpha value is -1.36. The summed E-state index contributed by atoms with van der Waals surface area (Å²) in [6.45, 7) is 5.98. The van der Waals surface area contributed by atoms with Crippen molar-refractivity contribution in [3.8, 4) is 0 Å². The lowest BCUT2D eigenvalue weighted by atomic mass is 9.81. The molecule has 2 heterocycles. The molecule has 1 aliphatic rings. The number of nitrogens with zero attached hydrogens (tertiary/aromatic N) is 2. The van der Waals surface area contributed by atoms with Crippen molar-refractivity contribution < 1.29 is 4.79 Å². The Bertz CT molecular complexity index is 431. The van der Waals surface area contributed by atoms with Gasteiger partial charge >= 0.3 is 0 Å². The van der Waals surface area contributed by atoms with Gasteiger partial charge in [-0.05, 0) is 25.7 Å². The van der Waals surface area contributed by atoms with Crippen molar-refractivity contribution in [2.24, 2.45) is 11.1 Å². The molecule has 1 aliphatic heterocycles. The lowest BCUT2D eigenvalue weighted by molar-refractivity contribution is -0.131. The van der Waals surface area contributed by atoms with E-state index >= 15 is 0 Å². The first-order valence-corrected chi connectivity index (χ1v) is 7.68. The minimum absolute atomic E-state index is 0.0518. The fourth-order valence-electron chi connectivity index (χ4n) is 2.87. The third-order valence-corrected chi connectivity index (χ3v) is 4.61. The van der Waals surface area contributed by atoms with E-state index in [4.69, 9.17) is 5.73 Å². The molecule has 0 spiro atoms. The number of carbonyl (C=O) groups is 1. The molecule has 0 saturated carbocycles. The topological polar surface area (TPSA) is 72.9 Å². The molecule has 0 atom stereocenters. The highest BCUT2D eigenvalue weighted by Crippen LogP contribution is 2.25. The van der Waals surface area contributed by atoms with Gasteiger partial charge in [-0.25, -0.2) is 4.98 Å². The zero-order valence-corrected chi connectivity index (χ0v) is 12.6. The van der Waals surface area contributed by atoms with Crippen LogP contribution in [0.1, 0.15) is 51.0 Å². The highest BCUT2D eigenvalue weighted by Gasteiger charge is 2.33. The Morgan fingerprint density at radius 3 is 2.80 bits per heavy atom. The van der Waals surface area contributed by atoms with Gasteiger partial charge in [-0.15, -0.1) is 0 Å². The maximum atomic E-state index is 12.3. The molecule has 0 radical (unpaired) electrons. The molecule has 2 rings (SSSR count). The van der Waals surface area contributed by atoms with Crippen molar-refractivity contribution in [1.29, 1.82) is 0 Å². The van der Waals surface area contributed by atoms with Crippen molar-refractivity contribution in [1.82, 2.24) is 14.9 Å². The molecule has 112 valence electrons. The molecular formula is C15H26N4O. The summed E-state index contributed by atoms with van der Waals surface area (Å²) in [6, 6.07) is 0. The van der Waals surface area contributed by atoms with Crippen LogP contribution in [0.15, 0.2) is 6.20 Å². The second kappa shape index (κ2) is 6.39. The summed E-state index contributed by atoms with van der Waals surface area (Å²) in [7, 11) is 0. The van der Waals surface area contributed by atoms with Crippen LogP contribution in [-0.4, -0.2) is 22.0 Å². The molecule has 0 unspecified atom stereocenters. The number of hydrogen-bond donors (Lipinski definition) is 2. The lowest BCUT2D eigenvalue weighted by Gasteiger charge is -2.28. The molecule has 0 saturated heterocycles. The highest BCUT2D eigenvalue weighted by molar-refractivity contribution is 5.82. The fraction of sp³-hybridized carbons (Fsp3) is 0.733. The van der Waals surface area contributed by atoms with Gasteiger partial charge in [-0.2, -0.15) is 0 Å². The van der Waals surface area contributed by atoms with E-state index in [-0.39, 0.29) is 5.91 Å². The van der Waals surface area contributed by atoms with E-state index in [1.165, 1.54) is 12.8 Å². The quantitative estimate of drug-likeness (QED) is 0.830. The number of carbonyl (C=O) groups excluding carboxylic acids is 1. The predicted molar refractivity (Wildman–Crippen MR) is 79.1 cm³/mol. The molecule has 5 nitrogen and oxygen atoms in total. The summed E-state index contributed by atoms with van der Waals surface area (Å²) in [5.41, 5.74) is 6.32. The highest BCUT2D eigenvalue weighted by atomic mass is 16.2. The first kappa shape index (κ1) is 15.0. The van der Waals surface area contributed by atoms with Crippen LogP contribution in [0.4, 0.5) is 0 Å². The van der Waals surface area contributed by atoms with Crippen LogP contribution in [0.25, 0.3) is 0 Å². The Morgan fingerprint density at radius 1 is 1.45 bits per heavy atom. The SMILES string of the molecule is CCC(CC)(CN)C(=O)NCc1cn2c(n1)CCCC2. The van der Waals surface area contributed by atoms with Crippen LogP contribution < -0.4 is 11.1 Å². The van der Waals surface area contributed by atoms with Crippen LogP contribution in [0.2, 0.25) is 0 Å². The normalized spacial score (nSPS) is 14.9. The average Bonchev–Trinajstić information content (AvgIpc) is 2.90. The first-order chi connectivity index (χ1) is 9.65. The van der Waals surface area contributed by atoms with Gasteiger partial charge < -0.3 is 15.6 Å². The van der Waals surface area contributed by atoms with E-state index < -0.39 is 5.41 Å². The van der Waals surface area contributed by atoms with Gasteiger partial charge in [0.05, 0.1) is 17.7 Å². The number of rotatable bonds is 6. The Labute approximate surface area is 120 Å². The number of nitrogens with one attached hydrogen (secondary N) is 1. The molecular weight excluding hydrogens is 252 g/mol. The third-order valence-electron chi connectivity index (χ3n) is 4.61. The Kier molecular flexibility index (Phi) is 4.81. The number of imidazole rings is 1. The summed E-state index contributed by atoms with van der Waals surface area (Å²) >= 11 is 0. The summed E-state index contributed by atoms with van der Waals surface area (Å²) in [6.07, 6.45) is 7.08. The predicted octanol–water partition coefficient (Wildman–Crippen LogP) is 1.60. The van der Waals surface area contributed by atoms with Gasteiger partial charge in [0.1, 0.15) is 5.82 Å². The second-order valence-corrected chi connectivity index (χ2v) is 5.67. The second-order valence-electron chi connectivity index (χ2n) is 5.67. The van der Waals surface area contributed by atoms with Gasteiger partial charge in [-0.3, -0.25) is 4.79 Å². The fourth-order valence-corrected chi connectivity index (χ4v) is 2.87. The molecule has 1 aromatic heterocycles. The van der Waals surface area contributed by atoms with Crippen molar-refractivity contribution in [3.05, 3.63) is 17.7 Å². The van der Waals surface area contributed by atoms with E-state index in [9.17, 15) is 4.79 Å². The molecule has 20 heavy (non-hydrogen) atoms. The summed E-state index contributed by atoms with van der Waals surface area (Å²) in [5.74, 6) is 1.20. The van der Waals surface area contributed by atoms with Crippen LogP contribution >= 0.6 is 0 Å². The van der Waals surface area contributed by atoms with E-state index in [0.29, 0.717) is 13.1 Å². The largest absolute Gasteiger partial charge is 0.350 e. The lowest BCUT2D eigenvalue weighted by Crippen LogP contribution is -2.45. The zero-order valence-electron chi connectivity index (χ0n) is 12.6. The van der Waals surface area contributed by atoms with Crippen molar-refractivity contribution in [2.45, 2.75) is 59.0 Å². The maximum absolute atomic E-state index is 12.3.